The van der Waals surface area contributed by atoms with Crippen molar-refractivity contribution < 1.29 is 9.59 Å². The number of halogens is 1. The zero-order valence-corrected chi connectivity index (χ0v) is 18.2. The van der Waals surface area contributed by atoms with E-state index in [0.717, 1.165) is 24.2 Å². The molecular weight excluding hydrogens is 412 g/mol. The molecule has 0 spiro atoms. The highest BCUT2D eigenvalue weighted by Crippen LogP contribution is 2.38. The first-order valence-corrected chi connectivity index (χ1v) is 10.8. The van der Waals surface area contributed by atoms with Gasteiger partial charge in [0.1, 0.15) is 0 Å². The van der Waals surface area contributed by atoms with Crippen LogP contribution in [0.3, 0.4) is 0 Å². The van der Waals surface area contributed by atoms with Gasteiger partial charge in [0.05, 0.1) is 11.6 Å². The van der Waals surface area contributed by atoms with Gasteiger partial charge in [-0.2, -0.15) is 5.26 Å². The summed E-state index contributed by atoms with van der Waals surface area (Å²) in [6, 6.07) is 14.7. The number of aryl methyl sites for hydroxylation is 1. The van der Waals surface area contributed by atoms with Crippen LogP contribution < -0.4 is 5.73 Å². The third kappa shape index (κ3) is 4.43. The number of nitriles is 1. The number of nitrogens with two attached hydrogens (primary N) is 1. The lowest BCUT2D eigenvalue weighted by Crippen LogP contribution is -2.36. The SMILES string of the molecule is Cc1ccc(C(CC(N)=O)N2CC3CN(C(=O)c4ccc(C#N)cc4)CC3C2)cc1Cl. The number of amides is 2. The fraction of sp³-hybridized carbons (Fsp3) is 0.375. The van der Waals surface area contributed by atoms with E-state index in [0.29, 0.717) is 41.1 Å². The summed E-state index contributed by atoms with van der Waals surface area (Å²) >= 11 is 6.33. The molecule has 31 heavy (non-hydrogen) atoms. The van der Waals surface area contributed by atoms with E-state index >= 15 is 0 Å². The Kier molecular flexibility index (Phi) is 5.99. The largest absolute Gasteiger partial charge is 0.370 e. The van der Waals surface area contributed by atoms with Gasteiger partial charge in [0.15, 0.2) is 0 Å². The summed E-state index contributed by atoms with van der Waals surface area (Å²) < 4.78 is 0. The number of hydrogen-bond donors (Lipinski definition) is 1. The van der Waals surface area contributed by atoms with Gasteiger partial charge in [-0.1, -0.05) is 23.7 Å². The van der Waals surface area contributed by atoms with E-state index in [1.165, 1.54) is 0 Å². The zero-order valence-electron chi connectivity index (χ0n) is 17.4. The molecule has 2 aromatic rings. The molecular formula is C24H25ClN4O2. The van der Waals surface area contributed by atoms with Gasteiger partial charge in [0.25, 0.3) is 5.91 Å². The average molecular weight is 437 g/mol. The Labute approximate surface area is 187 Å². The van der Waals surface area contributed by atoms with Crippen LogP contribution in [0.1, 0.15) is 39.5 Å². The molecule has 0 aliphatic carbocycles. The minimum Gasteiger partial charge on any atom is -0.370 e. The topological polar surface area (TPSA) is 90.4 Å². The van der Waals surface area contributed by atoms with Gasteiger partial charge in [-0.3, -0.25) is 14.5 Å². The number of fused-ring (bicyclic) bond motifs is 1. The summed E-state index contributed by atoms with van der Waals surface area (Å²) in [5.74, 6) is 0.387. The van der Waals surface area contributed by atoms with Crippen molar-refractivity contribution in [3.63, 3.8) is 0 Å². The second-order valence-electron chi connectivity index (χ2n) is 8.57. The molecule has 0 aromatic heterocycles. The molecule has 4 rings (SSSR count). The standard InChI is InChI=1S/C24H25ClN4O2/c1-15-2-5-18(8-21(15)25)22(9-23(27)30)28-11-19-13-29(14-20(19)12-28)24(31)17-6-3-16(10-26)4-7-17/h2-8,19-20,22H,9,11-14H2,1H3,(H2,27,30). The number of rotatable bonds is 5. The first kappa shape index (κ1) is 21.4. The Hall–Kier alpha value is -2.88. The molecule has 2 aliphatic heterocycles. The Morgan fingerprint density at radius 1 is 1.13 bits per heavy atom. The lowest BCUT2D eigenvalue weighted by Gasteiger charge is -2.29. The van der Waals surface area contributed by atoms with E-state index in [1.54, 1.807) is 24.3 Å². The highest BCUT2D eigenvalue weighted by Gasteiger charge is 2.43. The summed E-state index contributed by atoms with van der Waals surface area (Å²) in [6.45, 7) is 4.96. The molecule has 2 saturated heterocycles. The number of hydrogen-bond acceptors (Lipinski definition) is 4. The monoisotopic (exact) mass is 436 g/mol. The molecule has 0 bridgehead atoms. The first-order chi connectivity index (χ1) is 14.9. The number of nitrogens with zero attached hydrogens (tertiary/aromatic N) is 3. The molecule has 6 nitrogen and oxygen atoms in total. The minimum atomic E-state index is -0.337. The number of carbonyl (C=O) groups is 2. The quantitative estimate of drug-likeness (QED) is 0.779. The van der Waals surface area contributed by atoms with Gasteiger partial charge in [-0.05, 0) is 60.2 Å². The van der Waals surface area contributed by atoms with Crippen molar-refractivity contribution in [3.05, 3.63) is 69.7 Å². The van der Waals surface area contributed by atoms with Crippen molar-refractivity contribution >= 4 is 23.4 Å². The minimum absolute atomic E-state index is 0.00411. The Morgan fingerprint density at radius 2 is 1.77 bits per heavy atom. The lowest BCUT2D eigenvalue weighted by atomic mass is 10.0. The van der Waals surface area contributed by atoms with Gasteiger partial charge >= 0.3 is 0 Å². The molecule has 2 heterocycles. The molecule has 3 unspecified atom stereocenters. The van der Waals surface area contributed by atoms with E-state index in [9.17, 15) is 9.59 Å². The molecule has 0 saturated carbocycles. The summed E-state index contributed by atoms with van der Waals surface area (Å²) in [7, 11) is 0. The normalized spacial score (nSPS) is 21.5. The van der Waals surface area contributed by atoms with E-state index in [1.807, 2.05) is 30.0 Å². The Bertz CT molecular complexity index is 1030. The summed E-state index contributed by atoms with van der Waals surface area (Å²) in [5, 5.41) is 9.62. The highest BCUT2D eigenvalue weighted by molar-refractivity contribution is 6.31. The van der Waals surface area contributed by atoms with Gasteiger partial charge in [-0.15, -0.1) is 0 Å². The molecule has 7 heteroatoms. The maximum Gasteiger partial charge on any atom is 0.253 e. The van der Waals surface area contributed by atoms with Crippen LogP contribution in [0.5, 0.6) is 0 Å². The molecule has 2 fully saturated rings. The molecule has 2 aromatic carbocycles. The highest BCUT2D eigenvalue weighted by atomic mass is 35.5. The van der Waals surface area contributed by atoms with Crippen molar-refractivity contribution in [3.8, 4) is 6.07 Å². The van der Waals surface area contributed by atoms with Crippen LogP contribution in [0.15, 0.2) is 42.5 Å². The Balaban J connectivity index is 1.45. The lowest BCUT2D eigenvalue weighted by molar-refractivity contribution is -0.119. The smallest absolute Gasteiger partial charge is 0.253 e. The van der Waals surface area contributed by atoms with E-state index < -0.39 is 0 Å². The molecule has 2 N–H and O–H groups in total. The predicted octanol–water partition coefficient (Wildman–Crippen LogP) is 3.14. The summed E-state index contributed by atoms with van der Waals surface area (Å²) in [5.41, 5.74) is 8.71. The molecule has 160 valence electrons. The van der Waals surface area contributed by atoms with Crippen LogP contribution in [0.2, 0.25) is 5.02 Å². The number of benzene rings is 2. The average Bonchev–Trinajstić information content (AvgIpc) is 3.33. The third-order valence-electron chi connectivity index (χ3n) is 6.48. The predicted molar refractivity (Wildman–Crippen MR) is 118 cm³/mol. The fourth-order valence-corrected chi connectivity index (χ4v) is 4.97. The maximum absolute atomic E-state index is 12.9. The molecule has 0 radical (unpaired) electrons. The maximum atomic E-state index is 12.9. The van der Waals surface area contributed by atoms with Crippen molar-refractivity contribution in [1.29, 1.82) is 5.26 Å². The fourth-order valence-electron chi connectivity index (χ4n) is 4.78. The number of carbonyl (C=O) groups excluding carboxylic acids is 2. The second kappa shape index (κ2) is 8.70. The second-order valence-corrected chi connectivity index (χ2v) is 8.98. The number of likely N-dealkylation sites (tertiary alicyclic amines) is 2. The molecule has 2 aliphatic rings. The summed E-state index contributed by atoms with van der Waals surface area (Å²) in [6.07, 6.45) is 0.243. The van der Waals surface area contributed by atoms with Crippen LogP contribution in [0.4, 0.5) is 0 Å². The summed E-state index contributed by atoms with van der Waals surface area (Å²) in [4.78, 5) is 28.9. The van der Waals surface area contributed by atoms with Crippen LogP contribution >= 0.6 is 11.6 Å². The van der Waals surface area contributed by atoms with E-state index in [4.69, 9.17) is 22.6 Å². The number of primary amides is 1. The van der Waals surface area contributed by atoms with Gasteiger partial charge in [-0.25, -0.2) is 0 Å². The van der Waals surface area contributed by atoms with Crippen LogP contribution in [-0.4, -0.2) is 47.8 Å². The molecule has 2 amide bonds. The first-order valence-electron chi connectivity index (χ1n) is 10.4. The van der Waals surface area contributed by atoms with Gasteiger partial charge in [0.2, 0.25) is 5.91 Å². The zero-order chi connectivity index (χ0) is 22.1. The van der Waals surface area contributed by atoms with E-state index in [2.05, 4.69) is 11.0 Å². The van der Waals surface area contributed by atoms with Crippen molar-refractivity contribution in [2.45, 2.75) is 19.4 Å². The van der Waals surface area contributed by atoms with Crippen molar-refractivity contribution in [1.82, 2.24) is 9.80 Å². The van der Waals surface area contributed by atoms with Gasteiger partial charge < -0.3 is 10.6 Å². The van der Waals surface area contributed by atoms with Crippen LogP contribution in [0.25, 0.3) is 0 Å². The van der Waals surface area contributed by atoms with E-state index in [-0.39, 0.29) is 24.3 Å². The Morgan fingerprint density at radius 3 is 2.32 bits per heavy atom. The van der Waals surface area contributed by atoms with Crippen molar-refractivity contribution in [2.75, 3.05) is 26.2 Å². The van der Waals surface area contributed by atoms with Crippen LogP contribution in [0, 0.1) is 30.1 Å². The van der Waals surface area contributed by atoms with Gasteiger partial charge in [0, 0.05) is 49.2 Å². The third-order valence-corrected chi connectivity index (χ3v) is 6.89. The van der Waals surface area contributed by atoms with Crippen molar-refractivity contribution in [2.24, 2.45) is 17.6 Å². The van der Waals surface area contributed by atoms with Crippen LogP contribution in [-0.2, 0) is 4.79 Å². The molecule has 3 atom stereocenters.